The fourth-order valence-electron chi connectivity index (χ4n) is 1.15. The number of nitrogens with zero attached hydrogens (tertiary/aromatic N) is 1. The monoisotopic (exact) mass is 213 g/mol. The first-order valence-corrected chi connectivity index (χ1v) is 5.27. The number of thiophene rings is 1. The summed E-state index contributed by atoms with van der Waals surface area (Å²) in [5, 5.41) is 2.03. The van der Waals surface area contributed by atoms with Crippen LogP contribution in [0.4, 0.5) is 0 Å². The van der Waals surface area contributed by atoms with Crippen LogP contribution in [0.2, 0.25) is 0 Å². The molecule has 0 unspecified atom stereocenters. The minimum Gasteiger partial charge on any atom is -0.442 e. The molecular formula is C9H8ClNOS. The van der Waals surface area contributed by atoms with E-state index in [2.05, 4.69) is 11.1 Å². The zero-order valence-corrected chi connectivity index (χ0v) is 8.65. The highest BCUT2D eigenvalue weighted by Gasteiger charge is 2.12. The maximum absolute atomic E-state index is 5.72. The Kier molecular flexibility index (Phi) is 2.38. The third-order valence-corrected chi connectivity index (χ3v) is 3.10. The Morgan fingerprint density at radius 1 is 1.62 bits per heavy atom. The molecule has 2 aromatic rings. The first-order valence-electron chi connectivity index (χ1n) is 3.85. The molecular weight excluding hydrogens is 206 g/mol. The molecule has 0 saturated carbocycles. The number of halogens is 1. The SMILES string of the molecule is Cc1ccsc1-c1ocnc1CCl. The van der Waals surface area contributed by atoms with Crippen molar-refractivity contribution in [3.63, 3.8) is 0 Å². The van der Waals surface area contributed by atoms with Crippen molar-refractivity contribution in [1.82, 2.24) is 4.98 Å². The van der Waals surface area contributed by atoms with Gasteiger partial charge in [0.1, 0.15) is 5.69 Å². The Labute approximate surface area is 85.2 Å². The van der Waals surface area contributed by atoms with Crippen molar-refractivity contribution in [2.24, 2.45) is 0 Å². The lowest BCUT2D eigenvalue weighted by atomic mass is 10.2. The standard InChI is InChI=1S/C9H8ClNOS/c1-6-2-3-13-9(6)8-7(4-10)11-5-12-8/h2-3,5H,4H2,1H3. The molecule has 0 aliphatic carbocycles. The number of oxazole rings is 1. The molecule has 0 radical (unpaired) electrons. The van der Waals surface area contributed by atoms with Crippen LogP contribution < -0.4 is 0 Å². The van der Waals surface area contributed by atoms with Crippen molar-refractivity contribution in [3.05, 3.63) is 29.1 Å². The Balaban J connectivity index is 2.52. The second-order valence-corrected chi connectivity index (χ2v) is 3.88. The topological polar surface area (TPSA) is 26.0 Å². The van der Waals surface area contributed by atoms with Crippen molar-refractivity contribution in [2.75, 3.05) is 0 Å². The van der Waals surface area contributed by atoms with Crippen molar-refractivity contribution in [2.45, 2.75) is 12.8 Å². The lowest BCUT2D eigenvalue weighted by molar-refractivity contribution is 0.572. The summed E-state index contributed by atoms with van der Waals surface area (Å²) in [6, 6.07) is 2.06. The molecule has 0 amide bonds. The summed E-state index contributed by atoms with van der Waals surface area (Å²) in [6.07, 6.45) is 1.44. The molecule has 0 fully saturated rings. The van der Waals surface area contributed by atoms with Gasteiger partial charge in [0.2, 0.25) is 0 Å². The van der Waals surface area contributed by atoms with Gasteiger partial charge in [-0.05, 0) is 23.9 Å². The average Bonchev–Trinajstić information content (AvgIpc) is 2.71. The zero-order chi connectivity index (χ0) is 9.26. The van der Waals surface area contributed by atoms with Crippen molar-refractivity contribution >= 4 is 22.9 Å². The summed E-state index contributed by atoms with van der Waals surface area (Å²) in [5.41, 5.74) is 2.01. The number of hydrogen-bond donors (Lipinski definition) is 0. The van der Waals surface area contributed by atoms with E-state index in [1.807, 2.05) is 12.3 Å². The van der Waals surface area contributed by atoms with Crippen LogP contribution in [0.25, 0.3) is 10.6 Å². The van der Waals surface area contributed by atoms with E-state index in [0.29, 0.717) is 5.88 Å². The van der Waals surface area contributed by atoms with Crippen LogP contribution >= 0.6 is 22.9 Å². The number of aromatic nitrogens is 1. The summed E-state index contributed by atoms with van der Waals surface area (Å²) in [7, 11) is 0. The van der Waals surface area contributed by atoms with Crippen molar-refractivity contribution in [3.8, 4) is 10.6 Å². The van der Waals surface area contributed by atoms with E-state index in [1.165, 1.54) is 12.0 Å². The summed E-state index contributed by atoms with van der Waals surface area (Å²) >= 11 is 7.37. The summed E-state index contributed by atoms with van der Waals surface area (Å²) < 4.78 is 5.30. The van der Waals surface area contributed by atoms with Gasteiger partial charge in [0.25, 0.3) is 0 Å². The molecule has 0 aromatic carbocycles. The third-order valence-electron chi connectivity index (χ3n) is 1.84. The highest BCUT2D eigenvalue weighted by molar-refractivity contribution is 7.13. The number of hydrogen-bond acceptors (Lipinski definition) is 3. The molecule has 2 aromatic heterocycles. The highest BCUT2D eigenvalue weighted by Crippen LogP contribution is 2.31. The van der Waals surface area contributed by atoms with Crippen LogP contribution in [0.1, 0.15) is 11.3 Å². The minimum atomic E-state index is 0.392. The maximum atomic E-state index is 5.72. The van der Waals surface area contributed by atoms with Crippen molar-refractivity contribution in [1.29, 1.82) is 0 Å². The fraction of sp³-hybridized carbons (Fsp3) is 0.222. The third kappa shape index (κ3) is 1.49. The van der Waals surface area contributed by atoms with E-state index in [4.69, 9.17) is 16.0 Å². The molecule has 0 bridgehead atoms. The van der Waals surface area contributed by atoms with E-state index in [9.17, 15) is 0 Å². The molecule has 2 heterocycles. The van der Waals surface area contributed by atoms with Gasteiger partial charge in [-0.3, -0.25) is 0 Å². The van der Waals surface area contributed by atoms with E-state index in [1.54, 1.807) is 11.3 Å². The van der Waals surface area contributed by atoms with Crippen LogP contribution in [0.3, 0.4) is 0 Å². The number of alkyl halides is 1. The molecule has 4 heteroatoms. The number of rotatable bonds is 2. The first-order chi connectivity index (χ1) is 6.33. The second kappa shape index (κ2) is 3.52. The number of aryl methyl sites for hydroxylation is 1. The largest absolute Gasteiger partial charge is 0.442 e. The van der Waals surface area contributed by atoms with Crippen molar-refractivity contribution < 1.29 is 4.42 Å². The lowest BCUT2D eigenvalue weighted by Gasteiger charge is -1.95. The predicted octanol–water partition coefficient (Wildman–Crippen LogP) is 3.45. The maximum Gasteiger partial charge on any atom is 0.181 e. The quantitative estimate of drug-likeness (QED) is 0.715. The molecule has 0 N–H and O–H groups in total. The van der Waals surface area contributed by atoms with Crippen LogP contribution in [0, 0.1) is 6.92 Å². The van der Waals surface area contributed by atoms with Gasteiger partial charge in [0.05, 0.1) is 10.8 Å². The van der Waals surface area contributed by atoms with E-state index in [0.717, 1.165) is 16.3 Å². The fourth-order valence-corrected chi connectivity index (χ4v) is 2.28. The summed E-state index contributed by atoms with van der Waals surface area (Å²) in [4.78, 5) is 5.16. The molecule has 0 aliphatic rings. The Hall–Kier alpha value is -0.800. The molecule has 0 spiro atoms. The van der Waals surface area contributed by atoms with E-state index in [-0.39, 0.29) is 0 Å². The van der Waals surface area contributed by atoms with Gasteiger partial charge in [-0.1, -0.05) is 0 Å². The average molecular weight is 214 g/mol. The van der Waals surface area contributed by atoms with E-state index >= 15 is 0 Å². The normalized spacial score (nSPS) is 10.6. The molecule has 2 nitrogen and oxygen atoms in total. The second-order valence-electron chi connectivity index (χ2n) is 2.69. The first kappa shape index (κ1) is 8.78. The predicted molar refractivity (Wildman–Crippen MR) is 54.1 cm³/mol. The van der Waals surface area contributed by atoms with Gasteiger partial charge >= 0.3 is 0 Å². The lowest BCUT2D eigenvalue weighted by Crippen LogP contribution is -1.81. The summed E-state index contributed by atoms with van der Waals surface area (Å²) in [5.74, 6) is 1.20. The minimum absolute atomic E-state index is 0.392. The smallest absolute Gasteiger partial charge is 0.181 e. The highest BCUT2D eigenvalue weighted by atomic mass is 35.5. The van der Waals surface area contributed by atoms with Crippen LogP contribution in [-0.4, -0.2) is 4.98 Å². The van der Waals surface area contributed by atoms with Gasteiger partial charge in [0.15, 0.2) is 12.2 Å². The zero-order valence-electron chi connectivity index (χ0n) is 7.08. The van der Waals surface area contributed by atoms with Crippen LogP contribution in [0.15, 0.2) is 22.3 Å². The van der Waals surface area contributed by atoms with Gasteiger partial charge < -0.3 is 4.42 Å². The van der Waals surface area contributed by atoms with Gasteiger partial charge in [0, 0.05) is 0 Å². The molecule has 0 aliphatic heterocycles. The molecule has 68 valence electrons. The van der Waals surface area contributed by atoms with Crippen LogP contribution in [-0.2, 0) is 5.88 Å². The Bertz CT molecular complexity index is 407. The van der Waals surface area contributed by atoms with E-state index < -0.39 is 0 Å². The summed E-state index contributed by atoms with van der Waals surface area (Å²) in [6.45, 7) is 2.05. The van der Waals surface area contributed by atoms with Gasteiger partial charge in [-0.25, -0.2) is 4.98 Å². The Morgan fingerprint density at radius 3 is 3.08 bits per heavy atom. The van der Waals surface area contributed by atoms with Gasteiger partial charge in [-0.15, -0.1) is 22.9 Å². The molecule has 0 atom stereocenters. The molecule has 2 rings (SSSR count). The van der Waals surface area contributed by atoms with Crippen LogP contribution in [0.5, 0.6) is 0 Å². The Morgan fingerprint density at radius 2 is 2.46 bits per heavy atom. The van der Waals surface area contributed by atoms with Gasteiger partial charge in [-0.2, -0.15) is 0 Å². The molecule has 13 heavy (non-hydrogen) atoms. The molecule has 0 saturated heterocycles.